The van der Waals surface area contributed by atoms with Crippen molar-refractivity contribution in [2.24, 2.45) is 0 Å². The molecule has 96 valence electrons. The van der Waals surface area contributed by atoms with Crippen LogP contribution in [0.15, 0.2) is 24.8 Å². The highest BCUT2D eigenvalue weighted by atomic mass is 16.6. The van der Waals surface area contributed by atoms with Gasteiger partial charge in [-0.05, 0) is 26.3 Å². The van der Waals surface area contributed by atoms with E-state index in [9.17, 15) is 9.59 Å². The molecule has 0 fully saturated rings. The standard InChI is InChI=1S/C12H19NO4/c1-7-8(2)9(10(14)16-6)13-11(15)17-12(3,4)5/h7,9H,1-2H2,3-6H3,(H,13,15). The Balaban J connectivity index is 4.66. The molecule has 0 rings (SSSR count). The van der Waals surface area contributed by atoms with Crippen molar-refractivity contribution >= 4 is 12.1 Å². The average Bonchev–Trinajstić information content (AvgIpc) is 2.21. The third-order valence-electron chi connectivity index (χ3n) is 1.73. The monoisotopic (exact) mass is 241 g/mol. The number of esters is 1. The molecule has 5 heteroatoms. The molecular formula is C12H19NO4. The maximum Gasteiger partial charge on any atom is 0.408 e. The van der Waals surface area contributed by atoms with Crippen molar-refractivity contribution in [3.63, 3.8) is 0 Å². The summed E-state index contributed by atoms with van der Waals surface area (Å²) >= 11 is 0. The van der Waals surface area contributed by atoms with Gasteiger partial charge in [0.1, 0.15) is 5.60 Å². The second-order valence-electron chi connectivity index (χ2n) is 4.38. The Morgan fingerprint density at radius 1 is 1.35 bits per heavy atom. The summed E-state index contributed by atoms with van der Waals surface area (Å²) in [6, 6.07) is -0.979. The summed E-state index contributed by atoms with van der Waals surface area (Å²) in [5, 5.41) is 2.37. The van der Waals surface area contributed by atoms with Crippen LogP contribution in [0.5, 0.6) is 0 Å². The Morgan fingerprint density at radius 2 is 1.88 bits per heavy atom. The zero-order chi connectivity index (χ0) is 13.6. The molecule has 1 atom stereocenters. The van der Waals surface area contributed by atoms with Crippen molar-refractivity contribution < 1.29 is 19.1 Å². The van der Waals surface area contributed by atoms with Gasteiger partial charge < -0.3 is 14.8 Å². The first-order valence-corrected chi connectivity index (χ1v) is 5.10. The van der Waals surface area contributed by atoms with Gasteiger partial charge in [0.15, 0.2) is 6.04 Å². The molecule has 0 bridgehead atoms. The topological polar surface area (TPSA) is 64.6 Å². The van der Waals surface area contributed by atoms with E-state index in [1.807, 2.05) is 0 Å². The summed E-state index contributed by atoms with van der Waals surface area (Å²) in [4.78, 5) is 22.9. The number of ether oxygens (including phenoxy) is 2. The number of hydrogen-bond donors (Lipinski definition) is 1. The predicted molar refractivity (Wildman–Crippen MR) is 64.5 cm³/mol. The molecule has 0 spiro atoms. The quantitative estimate of drug-likeness (QED) is 0.602. The van der Waals surface area contributed by atoms with E-state index in [0.29, 0.717) is 5.57 Å². The van der Waals surface area contributed by atoms with Gasteiger partial charge in [-0.2, -0.15) is 0 Å². The van der Waals surface area contributed by atoms with Crippen LogP contribution in [-0.4, -0.2) is 30.8 Å². The molecule has 0 aromatic heterocycles. The summed E-state index contributed by atoms with van der Waals surface area (Å²) in [6.45, 7) is 12.3. The zero-order valence-corrected chi connectivity index (χ0v) is 10.7. The Morgan fingerprint density at radius 3 is 2.24 bits per heavy atom. The molecule has 0 saturated heterocycles. The molecule has 1 N–H and O–H groups in total. The number of rotatable bonds is 4. The van der Waals surface area contributed by atoms with Gasteiger partial charge in [0.25, 0.3) is 0 Å². The number of carbonyl (C=O) groups excluding carboxylic acids is 2. The summed E-state index contributed by atoms with van der Waals surface area (Å²) in [5.41, 5.74) is -0.303. The minimum absolute atomic E-state index is 0.336. The van der Waals surface area contributed by atoms with Crippen LogP contribution < -0.4 is 5.32 Å². The zero-order valence-electron chi connectivity index (χ0n) is 10.7. The minimum atomic E-state index is -0.979. The lowest BCUT2D eigenvalue weighted by atomic mass is 10.1. The van der Waals surface area contributed by atoms with Crippen LogP contribution in [0, 0.1) is 0 Å². The van der Waals surface area contributed by atoms with E-state index in [4.69, 9.17) is 4.74 Å². The second-order valence-corrected chi connectivity index (χ2v) is 4.38. The third kappa shape index (κ3) is 5.75. The fourth-order valence-electron chi connectivity index (χ4n) is 0.964. The molecule has 0 aliphatic rings. The van der Waals surface area contributed by atoms with Gasteiger partial charge in [-0.25, -0.2) is 9.59 Å². The molecule has 0 aliphatic carbocycles. The molecule has 0 heterocycles. The van der Waals surface area contributed by atoms with Gasteiger partial charge in [0.05, 0.1) is 7.11 Å². The van der Waals surface area contributed by atoms with E-state index in [1.54, 1.807) is 20.8 Å². The second kappa shape index (κ2) is 6.08. The first-order valence-electron chi connectivity index (χ1n) is 5.10. The van der Waals surface area contributed by atoms with Crippen LogP contribution in [0.3, 0.4) is 0 Å². The number of nitrogens with one attached hydrogen (secondary N) is 1. The smallest absolute Gasteiger partial charge is 0.408 e. The van der Waals surface area contributed by atoms with Crippen molar-refractivity contribution in [2.45, 2.75) is 32.4 Å². The van der Waals surface area contributed by atoms with E-state index in [1.165, 1.54) is 13.2 Å². The highest BCUT2D eigenvalue weighted by molar-refractivity contribution is 5.85. The largest absolute Gasteiger partial charge is 0.467 e. The van der Waals surface area contributed by atoms with Crippen LogP contribution >= 0.6 is 0 Å². The molecule has 0 radical (unpaired) electrons. The van der Waals surface area contributed by atoms with Gasteiger partial charge in [0, 0.05) is 0 Å². The Bertz CT molecular complexity index is 328. The molecule has 0 aliphatic heterocycles. The van der Waals surface area contributed by atoms with Crippen LogP contribution in [0.1, 0.15) is 20.8 Å². The lowest BCUT2D eigenvalue weighted by Crippen LogP contribution is -2.44. The van der Waals surface area contributed by atoms with Gasteiger partial charge in [-0.1, -0.05) is 19.2 Å². The molecule has 0 aromatic rings. The fraction of sp³-hybridized carbons (Fsp3) is 0.500. The normalized spacial score (nSPS) is 12.2. The lowest BCUT2D eigenvalue weighted by Gasteiger charge is -2.22. The summed E-state index contributed by atoms with van der Waals surface area (Å²) in [5.74, 6) is -0.624. The van der Waals surface area contributed by atoms with Gasteiger partial charge >= 0.3 is 12.1 Å². The minimum Gasteiger partial charge on any atom is -0.467 e. The summed E-state index contributed by atoms with van der Waals surface area (Å²) in [7, 11) is 1.22. The third-order valence-corrected chi connectivity index (χ3v) is 1.73. The van der Waals surface area contributed by atoms with Crippen molar-refractivity contribution in [3.05, 3.63) is 24.8 Å². The van der Waals surface area contributed by atoms with Crippen molar-refractivity contribution in [1.29, 1.82) is 0 Å². The van der Waals surface area contributed by atoms with Gasteiger partial charge in [-0.3, -0.25) is 0 Å². The maximum atomic E-state index is 11.5. The summed E-state index contributed by atoms with van der Waals surface area (Å²) < 4.78 is 9.57. The van der Waals surface area contributed by atoms with Crippen LogP contribution in [-0.2, 0) is 14.3 Å². The van der Waals surface area contributed by atoms with Crippen molar-refractivity contribution in [1.82, 2.24) is 5.32 Å². The van der Waals surface area contributed by atoms with E-state index in [-0.39, 0.29) is 0 Å². The first kappa shape index (κ1) is 15.2. The highest BCUT2D eigenvalue weighted by Crippen LogP contribution is 2.09. The van der Waals surface area contributed by atoms with Gasteiger partial charge in [0.2, 0.25) is 0 Å². The van der Waals surface area contributed by atoms with Crippen LogP contribution in [0.4, 0.5) is 4.79 Å². The van der Waals surface area contributed by atoms with E-state index < -0.39 is 23.7 Å². The van der Waals surface area contributed by atoms with Crippen molar-refractivity contribution in [3.8, 4) is 0 Å². The van der Waals surface area contributed by atoms with E-state index in [2.05, 4.69) is 23.2 Å². The average molecular weight is 241 g/mol. The van der Waals surface area contributed by atoms with Crippen molar-refractivity contribution in [2.75, 3.05) is 7.11 Å². The number of amides is 1. The highest BCUT2D eigenvalue weighted by Gasteiger charge is 2.25. The Kier molecular flexibility index (Phi) is 5.44. The lowest BCUT2D eigenvalue weighted by molar-refractivity contribution is -0.141. The first-order chi connectivity index (χ1) is 7.71. The maximum absolute atomic E-state index is 11.5. The molecule has 5 nitrogen and oxygen atoms in total. The number of hydrogen-bond acceptors (Lipinski definition) is 4. The predicted octanol–water partition coefficient (Wildman–Crippen LogP) is 1.79. The van der Waals surface area contributed by atoms with E-state index in [0.717, 1.165) is 0 Å². The van der Waals surface area contributed by atoms with Gasteiger partial charge in [-0.15, -0.1) is 0 Å². The fourth-order valence-corrected chi connectivity index (χ4v) is 0.964. The number of carbonyl (C=O) groups is 2. The SMILES string of the molecule is C=CC(=C)C(NC(=O)OC(C)(C)C)C(=O)OC. The van der Waals surface area contributed by atoms with E-state index >= 15 is 0 Å². The van der Waals surface area contributed by atoms with Crippen LogP contribution in [0.2, 0.25) is 0 Å². The number of alkyl carbamates (subject to hydrolysis) is 1. The molecule has 0 aromatic carbocycles. The molecule has 1 amide bonds. The van der Waals surface area contributed by atoms with Crippen LogP contribution in [0.25, 0.3) is 0 Å². The molecule has 17 heavy (non-hydrogen) atoms. The molecule has 1 unspecified atom stereocenters. The summed E-state index contributed by atoms with van der Waals surface area (Å²) in [6.07, 6.45) is 0.662. The Labute approximate surface area is 101 Å². The molecule has 0 saturated carbocycles. The Hall–Kier alpha value is -1.78. The number of methoxy groups -OCH3 is 1. The molecular weight excluding hydrogens is 222 g/mol.